The van der Waals surface area contributed by atoms with Crippen molar-refractivity contribution in [3.63, 3.8) is 0 Å². The number of carbonyl (C=O) groups excluding carboxylic acids is 2. The van der Waals surface area contributed by atoms with Crippen molar-refractivity contribution in [3.05, 3.63) is 23.5 Å². The smallest absolute Gasteiger partial charge is 0.409 e. The second-order valence-electron chi connectivity index (χ2n) is 9.47. The van der Waals surface area contributed by atoms with Crippen molar-refractivity contribution >= 4 is 12.1 Å². The van der Waals surface area contributed by atoms with E-state index < -0.39 is 0 Å². The molecular formula is C25H35N5O5. The summed E-state index contributed by atoms with van der Waals surface area (Å²) in [6, 6.07) is 3.82. The topological polar surface area (TPSA) is 109 Å². The summed E-state index contributed by atoms with van der Waals surface area (Å²) in [4.78, 5) is 30.7. The molecule has 2 atom stereocenters. The summed E-state index contributed by atoms with van der Waals surface area (Å²) < 4.78 is 18.4. The van der Waals surface area contributed by atoms with E-state index in [0.717, 1.165) is 50.0 Å². The summed E-state index contributed by atoms with van der Waals surface area (Å²) in [5, 5.41) is 8.44. The van der Waals surface area contributed by atoms with Gasteiger partial charge in [-0.2, -0.15) is 0 Å². The van der Waals surface area contributed by atoms with E-state index in [1.165, 1.54) is 7.11 Å². The van der Waals surface area contributed by atoms with Crippen molar-refractivity contribution in [2.75, 3.05) is 20.7 Å². The number of methoxy groups -OCH3 is 1. The number of amides is 1. The number of rotatable bonds is 9. The Morgan fingerprint density at radius 2 is 2.00 bits per heavy atom. The Morgan fingerprint density at radius 3 is 2.71 bits per heavy atom. The highest BCUT2D eigenvalue weighted by atomic mass is 16.6. The average Bonchev–Trinajstić information content (AvgIpc) is 3.65. The SMILES string of the molecule is CCCN(C)C(=O)OCc1c(-c2ccc(O[C@H]3CCC[C@H](C(=O)OC)C3)c(C3CC3)n2)nnn1C. The predicted octanol–water partition coefficient (Wildman–Crippen LogP) is 3.84. The van der Waals surface area contributed by atoms with Gasteiger partial charge in [-0.05, 0) is 57.1 Å². The third-order valence-corrected chi connectivity index (χ3v) is 6.69. The van der Waals surface area contributed by atoms with Crippen LogP contribution in [0.15, 0.2) is 12.1 Å². The number of aromatic nitrogens is 4. The maximum atomic E-state index is 12.2. The molecule has 1 amide bonds. The molecule has 0 aliphatic heterocycles. The van der Waals surface area contributed by atoms with Crippen LogP contribution < -0.4 is 4.74 Å². The molecule has 2 fully saturated rings. The summed E-state index contributed by atoms with van der Waals surface area (Å²) in [6.45, 7) is 2.70. The predicted molar refractivity (Wildman–Crippen MR) is 128 cm³/mol. The molecule has 0 N–H and O–H groups in total. The second-order valence-corrected chi connectivity index (χ2v) is 9.47. The van der Waals surface area contributed by atoms with Crippen LogP contribution in [-0.4, -0.2) is 63.7 Å². The van der Waals surface area contributed by atoms with Crippen LogP contribution in [-0.2, 0) is 27.9 Å². The Kier molecular flexibility index (Phi) is 7.87. The Balaban J connectivity index is 1.51. The molecule has 0 unspecified atom stereocenters. The molecule has 2 aromatic rings. The van der Waals surface area contributed by atoms with Gasteiger partial charge >= 0.3 is 12.1 Å². The maximum absolute atomic E-state index is 12.2. The minimum absolute atomic E-state index is 0.0374. The van der Waals surface area contributed by atoms with Gasteiger partial charge < -0.3 is 19.1 Å². The highest BCUT2D eigenvalue weighted by Crippen LogP contribution is 2.45. The number of pyridine rings is 1. The monoisotopic (exact) mass is 485 g/mol. The lowest BCUT2D eigenvalue weighted by Crippen LogP contribution is -2.30. The fourth-order valence-electron chi connectivity index (χ4n) is 4.56. The van der Waals surface area contributed by atoms with E-state index in [1.54, 1.807) is 23.7 Å². The molecule has 10 heteroatoms. The minimum Gasteiger partial charge on any atom is -0.488 e. The number of hydrogen-bond acceptors (Lipinski definition) is 8. The number of carbonyl (C=O) groups is 2. The molecule has 2 heterocycles. The van der Waals surface area contributed by atoms with Crippen LogP contribution in [0.1, 0.15) is 69.2 Å². The molecule has 0 radical (unpaired) electrons. The largest absolute Gasteiger partial charge is 0.488 e. The summed E-state index contributed by atoms with van der Waals surface area (Å²) in [5.74, 6) is 0.845. The van der Waals surface area contributed by atoms with Gasteiger partial charge in [0, 0.05) is 26.6 Å². The number of esters is 1. The minimum atomic E-state index is -0.382. The van der Waals surface area contributed by atoms with Gasteiger partial charge in [0.1, 0.15) is 23.7 Å². The number of hydrogen-bond donors (Lipinski definition) is 0. The van der Waals surface area contributed by atoms with Gasteiger partial charge in [-0.1, -0.05) is 12.1 Å². The van der Waals surface area contributed by atoms with E-state index in [9.17, 15) is 9.59 Å². The van der Waals surface area contributed by atoms with Crippen LogP contribution in [0.2, 0.25) is 0 Å². The zero-order valence-electron chi connectivity index (χ0n) is 21.0. The third-order valence-electron chi connectivity index (χ3n) is 6.69. The molecule has 4 rings (SSSR count). The van der Waals surface area contributed by atoms with Crippen molar-refractivity contribution in [3.8, 4) is 17.1 Å². The van der Waals surface area contributed by atoms with Crippen LogP contribution >= 0.6 is 0 Å². The number of aryl methyl sites for hydroxylation is 1. The van der Waals surface area contributed by atoms with Gasteiger partial charge in [-0.3, -0.25) is 4.79 Å². The summed E-state index contributed by atoms with van der Waals surface area (Å²) in [5.41, 5.74) is 2.87. The molecule has 35 heavy (non-hydrogen) atoms. The molecule has 190 valence electrons. The first-order chi connectivity index (χ1) is 16.9. The number of nitrogens with zero attached hydrogens (tertiary/aromatic N) is 5. The van der Waals surface area contributed by atoms with E-state index >= 15 is 0 Å². The molecule has 2 aliphatic carbocycles. The van der Waals surface area contributed by atoms with E-state index in [-0.39, 0.29) is 30.7 Å². The summed E-state index contributed by atoms with van der Waals surface area (Å²) in [7, 11) is 4.93. The first-order valence-electron chi connectivity index (χ1n) is 12.4. The molecule has 0 aromatic carbocycles. The lowest BCUT2D eigenvalue weighted by molar-refractivity contribution is -0.147. The summed E-state index contributed by atoms with van der Waals surface area (Å²) in [6.07, 6.45) is 5.91. The highest BCUT2D eigenvalue weighted by Gasteiger charge is 2.33. The molecule has 0 bridgehead atoms. The average molecular weight is 486 g/mol. The molecule has 2 aromatic heterocycles. The van der Waals surface area contributed by atoms with Gasteiger partial charge in [0.05, 0.1) is 30.5 Å². The fourth-order valence-corrected chi connectivity index (χ4v) is 4.56. The van der Waals surface area contributed by atoms with Crippen LogP contribution in [0, 0.1) is 5.92 Å². The fraction of sp³-hybridized carbons (Fsp3) is 0.640. The van der Waals surface area contributed by atoms with Crippen LogP contribution in [0.5, 0.6) is 5.75 Å². The molecular weight excluding hydrogens is 450 g/mol. The molecule has 0 saturated heterocycles. The van der Waals surface area contributed by atoms with Gasteiger partial charge in [-0.15, -0.1) is 5.10 Å². The lowest BCUT2D eigenvalue weighted by Gasteiger charge is -2.28. The zero-order valence-corrected chi connectivity index (χ0v) is 21.0. The Bertz CT molecular complexity index is 1050. The van der Waals surface area contributed by atoms with E-state index in [4.69, 9.17) is 19.2 Å². The van der Waals surface area contributed by atoms with Gasteiger partial charge in [-0.25, -0.2) is 14.5 Å². The Labute approximate surface area is 205 Å². The zero-order chi connectivity index (χ0) is 24.9. The van der Waals surface area contributed by atoms with Gasteiger partial charge in [0.15, 0.2) is 0 Å². The lowest BCUT2D eigenvalue weighted by atomic mass is 9.87. The Morgan fingerprint density at radius 1 is 1.20 bits per heavy atom. The molecule has 10 nitrogen and oxygen atoms in total. The first-order valence-corrected chi connectivity index (χ1v) is 12.4. The van der Waals surface area contributed by atoms with E-state index in [0.29, 0.717) is 36.0 Å². The quantitative estimate of drug-likeness (QED) is 0.493. The molecule has 0 spiro atoms. The van der Waals surface area contributed by atoms with E-state index in [2.05, 4.69) is 10.3 Å². The van der Waals surface area contributed by atoms with Crippen molar-refractivity contribution in [1.29, 1.82) is 0 Å². The Hall–Kier alpha value is -3.17. The molecule has 2 saturated carbocycles. The van der Waals surface area contributed by atoms with Crippen molar-refractivity contribution in [2.45, 2.75) is 70.5 Å². The third kappa shape index (κ3) is 5.91. The normalized spacial score (nSPS) is 19.8. The second kappa shape index (κ2) is 11.0. The highest BCUT2D eigenvalue weighted by molar-refractivity contribution is 5.72. The van der Waals surface area contributed by atoms with Crippen molar-refractivity contribution < 1.29 is 23.8 Å². The standard InChI is InChI=1S/C25H35N5O5/c1-5-13-29(2)25(32)34-15-20-23(27-28-30(20)3)19-11-12-21(22(26-19)16-9-10-16)35-18-8-6-7-17(14-18)24(31)33-4/h11-12,16-18H,5-10,13-15H2,1-4H3/t17-,18-/m0/s1. The number of ether oxygens (including phenoxy) is 3. The summed E-state index contributed by atoms with van der Waals surface area (Å²) >= 11 is 0. The van der Waals surface area contributed by atoms with E-state index in [1.807, 2.05) is 19.1 Å². The first kappa shape index (κ1) is 24.9. The van der Waals surface area contributed by atoms with Gasteiger partial charge in [0.25, 0.3) is 0 Å². The maximum Gasteiger partial charge on any atom is 0.409 e. The van der Waals surface area contributed by atoms with Gasteiger partial charge in [0.2, 0.25) is 0 Å². The van der Waals surface area contributed by atoms with Crippen molar-refractivity contribution in [1.82, 2.24) is 24.9 Å². The molecule has 2 aliphatic rings. The van der Waals surface area contributed by atoms with Crippen LogP contribution in [0.25, 0.3) is 11.4 Å². The van der Waals surface area contributed by atoms with Crippen LogP contribution in [0.4, 0.5) is 4.79 Å². The van der Waals surface area contributed by atoms with Crippen LogP contribution in [0.3, 0.4) is 0 Å². The van der Waals surface area contributed by atoms with Crippen molar-refractivity contribution in [2.24, 2.45) is 13.0 Å².